The Morgan fingerprint density at radius 2 is 2.17 bits per heavy atom. The van der Waals surface area contributed by atoms with Crippen LogP contribution in [0.25, 0.3) is 0 Å². The third-order valence-electron chi connectivity index (χ3n) is 2.13. The maximum Gasteiger partial charge on any atom is 0.306 e. The van der Waals surface area contributed by atoms with E-state index in [1.165, 1.54) is 13.2 Å². The molecule has 0 bridgehead atoms. The zero-order valence-corrected chi connectivity index (χ0v) is 10.5. The van der Waals surface area contributed by atoms with Gasteiger partial charge in [-0.2, -0.15) is 0 Å². The van der Waals surface area contributed by atoms with Crippen molar-refractivity contribution in [3.8, 4) is 0 Å². The van der Waals surface area contributed by atoms with E-state index in [2.05, 4.69) is 9.46 Å². The Balaban J connectivity index is 2.74. The lowest BCUT2D eigenvalue weighted by Gasteiger charge is -2.06. The van der Waals surface area contributed by atoms with Crippen LogP contribution in [0.4, 0.5) is 10.1 Å². The second-order valence-corrected chi connectivity index (χ2v) is 5.17. The number of anilines is 1. The maximum absolute atomic E-state index is 13.1. The Bertz CT molecular complexity index is 545. The van der Waals surface area contributed by atoms with E-state index in [0.29, 0.717) is 0 Å². The number of benzene rings is 1. The topological polar surface area (TPSA) is 98.5 Å². The molecule has 0 fully saturated rings. The van der Waals surface area contributed by atoms with Crippen molar-refractivity contribution in [3.05, 3.63) is 24.0 Å². The van der Waals surface area contributed by atoms with E-state index in [4.69, 9.17) is 5.73 Å². The lowest BCUT2D eigenvalue weighted by atomic mass is 10.3. The summed E-state index contributed by atoms with van der Waals surface area (Å²) in [5.41, 5.74) is 5.10. The maximum atomic E-state index is 13.1. The summed E-state index contributed by atoms with van der Waals surface area (Å²) >= 11 is 0. The smallest absolute Gasteiger partial charge is 0.306 e. The average molecular weight is 276 g/mol. The van der Waals surface area contributed by atoms with Gasteiger partial charge in [-0.15, -0.1) is 0 Å². The molecule has 1 aromatic rings. The Morgan fingerprint density at radius 3 is 2.72 bits per heavy atom. The van der Waals surface area contributed by atoms with E-state index < -0.39 is 21.8 Å². The normalized spacial score (nSPS) is 11.2. The van der Waals surface area contributed by atoms with Crippen LogP contribution in [-0.4, -0.2) is 28.0 Å². The van der Waals surface area contributed by atoms with E-state index in [1.54, 1.807) is 0 Å². The summed E-state index contributed by atoms with van der Waals surface area (Å²) in [5.74, 6) is -1.35. The number of carbonyl (C=O) groups is 1. The molecule has 1 rings (SSSR count). The molecular weight excluding hydrogens is 263 g/mol. The number of methoxy groups -OCH3 is 1. The molecule has 100 valence electrons. The van der Waals surface area contributed by atoms with Gasteiger partial charge in [0, 0.05) is 6.54 Å². The van der Waals surface area contributed by atoms with Gasteiger partial charge in [-0.25, -0.2) is 17.5 Å². The van der Waals surface area contributed by atoms with Crippen LogP contribution in [0.15, 0.2) is 23.1 Å². The van der Waals surface area contributed by atoms with Crippen LogP contribution < -0.4 is 10.5 Å². The van der Waals surface area contributed by atoms with E-state index >= 15 is 0 Å². The molecule has 0 radical (unpaired) electrons. The Labute approximate surface area is 104 Å². The molecule has 0 aliphatic rings. The molecule has 0 saturated heterocycles. The van der Waals surface area contributed by atoms with Crippen LogP contribution in [0.1, 0.15) is 6.42 Å². The fourth-order valence-corrected chi connectivity index (χ4v) is 2.19. The minimum Gasteiger partial charge on any atom is -0.469 e. The summed E-state index contributed by atoms with van der Waals surface area (Å²) in [4.78, 5) is 10.5. The lowest BCUT2D eigenvalue weighted by Crippen LogP contribution is -2.26. The first-order valence-corrected chi connectivity index (χ1v) is 6.46. The van der Waals surface area contributed by atoms with Gasteiger partial charge < -0.3 is 10.5 Å². The Hall–Kier alpha value is -1.67. The Kier molecular flexibility index (Phi) is 4.62. The van der Waals surface area contributed by atoms with Gasteiger partial charge >= 0.3 is 5.97 Å². The highest BCUT2D eigenvalue weighted by Gasteiger charge is 2.15. The summed E-state index contributed by atoms with van der Waals surface area (Å²) in [7, 11) is -2.66. The summed E-state index contributed by atoms with van der Waals surface area (Å²) in [6.45, 7) is -0.124. The van der Waals surface area contributed by atoms with E-state index in [0.717, 1.165) is 12.1 Å². The fourth-order valence-electron chi connectivity index (χ4n) is 1.15. The second kappa shape index (κ2) is 5.78. The third-order valence-corrected chi connectivity index (χ3v) is 3.59. The molecule has 0 saturated carbocycles. The van der Waals surface area contributed by atoms with Crippen LogP contribution >= 0.6 is 0 Å². The van der Waals surface area contributed by atoms with Crippen molar-refractivity contribution in [2.75, 3.05) is 19.4 Å². The number of ether oxygens (including phenoxy) is 1. The monoisotopic (exact) mass is 276 g/mol. The lowest BCUT2D eigenvalue weighted by molar-refractivity contribution is -0.140. The molecule has 1 aromatic carbocycles. The number of esters is 1. The number of carbonyl (C=O) groups excluding carboxylic acids is 1. The van der Waals surface area contributed by atoms with Crippen molar-refractivity contribution in [2.45, 2.75) is 11.3 Å². The predicted molar refractivity (Wildman–Crippen MR) is 62.6 cm³/mol. The standard InChI is InChI=1S/C10H13FN2O4S/c1-17-10(14)4-5-13-18(15,16)7-2-3-9(12)8(11)6-7/h2-3,6,13H,4-5,12H2,1H3. The zero-order valence-electron chi connectivity index (χ0n) is 9.64. The van der Waals surface area contributed by atoms with Gasteiger partial charge in [0.15, 0.2) is 0 Å². The van der Waals surface area contributed by atoms with Crippen LogP contribution in [0.2, 0.25) is 0 Å². The molecular formula is C10H13FN2O4S. The van der Waals surface area contributed by atoms with E-state index in [9.17, 15) is 17.6 Å². The minimum atomic E-state index is -3.86. The first-order chi connectivity index (χ1) is 8.36. The molecule has 3 N–H and O–H groups in total. The van der Waals surface area contributed by atoms with Gasteiger partial charge in [-0.3, -0.25) is 4.79 Å². The van der Waals surface area contributed by atoms with E-state index in [-0.39, 0.29) is 23.5 Å². The molecule has 0 heterocycles. The van der Waals surface area contributed by atoms with Crippen molar-refractivity contribution in [1.29, 1.82) is 0 Å². The first-order valence-electron chi connectivity index (χ1n) is 4.98. The quantitative estimate of drug-likeness (QED) is 0.593. The van der Waals surface area contributed by atoms with Gasteiger partial charge in [-0.1, -0.05) is 0 Å². The summed E-state index contributed by atoms with van der Waals surface area (Å²) < 4.78 is 43.0. The molecule has 0 aliphatic carbocycles. The molecule has 0 unspecified atom stereocenters. The summed E-state index contributed by atoms with van der Waals surface area (Å²) in [6, 6.07) is 3.15. The van der Waals surface area contributed by atoms with Crippen molar-refractivity contribution in [3.63, 3.8) is 0 Å². The number of nitrogens with one attached hydrogen (secondary N) is 1. The summed E-state index contributed by atoms with van der Waals surface area (Å²) in [5, 5.41) is 0. The highest BCUT2D eigenvalue weighted by molar-refractivity contribution is 7.89. The molecule has 0 atom stereocenters. The molecule has 18 heavy (non-hydrogen) atoms. The number of hydrogen-bond acceptors (Lipinski definition) is 5. The SMILES string of the molecule is COC(=O)CCNS(=O)(=O)c1ccc(N)c(F)c1. The fraction of sp³-hybridized carbons (Fsp3) is 0.300. The molecule has 0 spiro atoms. The van der Waals surface area contributed by atoms with Gasteiger partial charge in [0.25, 0.3) is 0 Å². The second-order valence-electron chi connectivity index (χ2n) is 3.41. The number of rotatable bonds is 5. The summed E-state index contributed by atoms with van der Waals surface area (Å²) in [6.07, 6.45) is -0.104. The number of halogens is 1. The van der Waals surface area contributed by atoms with Gasteiger partial charge in [0.05, 0.1) is 24.1 Å². The van der Waals surface area contributed by atoms with Crippen LogP contribution in [0.3, 0.4) is 0 Å². The van der Waals surface area contributed by atoms with Crippen molar-refractivity contribution >= 4 is 21.7 Å². The van der Waals surface area contributed by atoms with Crippen molar-refractivity contribution < 1.29 is 22.3 Å². The number of hydrogen-bond donors (Lipinski definition) is 2. The highest BCUT2D eigenvalue weighted by Crippen LogP contribution is 2.15. The Morgan fingerprint density at radius 1 is 1.50 bits per heavy atom. The third kappa shape index (κ3) is 3.67. The van der Waals surface area contributed by atoms with Crippen LogP contribution in [0, 0.1) is 5.82 Å². The molecule has 0 aromatic heterocycles. The average Bonchev–Trinajstić information content (AvgIpc) is 2.32. The molecule has 0 aliphatic heterocycles. The number of nitrogen functional groups attached to an aromatic ring is 1. The predicted octanol–water partition coefficient (Wildman–Crippen LogP) is 0.249. The van der Waals surface area contributed by atoms with Crippen molar-refractivity contribution in [1.82, 2.24) is 4.72 Å². The number of sulfonamides is 1. The van der Waals surface area contributed by atoms with Gasteiger partial charge in [0.2, 0.25) is 10.0 Å². The number of nitrogens with two attached hydrogens (primary N) is 1. The largest absolute Gasteiger partial charge is 0.469 e. The first kappa shape index (κ1) is 14.4. The van der Waals surface area contributed by atoms with E-state index in [1.807, 2.05) is 0 Å². The highest BCUT2D eigenvalue weighted by atomic mass is 32.2. The van der Waals surface area contributed by atoms with Crippen LogP contribution in [0.5, 0.6) is 0 Å². The van der Waals surface area contributed by atoms with Gasteiger partial charge in [-0.05, 0) is 18.2 Å². The minimum absolute atomic E-state index is 0.104. The zero-order chi connectivity index (χ0) is 13.8. The van der Waals surface area contributed by atoms with Crippen LogP contribution in [-0.2, 0) is 19.6 Å². The molecule has 0 amide bonds. The molecule has 6 nitrogen and oxygen atoms in total. The van der Waals surface area contributed by atoms with Gasteiger partial charge in [0.1, 0.15) is 5.82 Å². The molecule has 8 heteroatoms. The van der Waals surface area contributed by atoms with Crippen molar-refractivity contribution in [2.24, 2.45) is 0 Å².